The van der Waals surface area contributed by atoms with Crippen molar-refractivity contribution in [2.75, 3.05) is 12.8 Å². The zero-order valence-electron chi connectivity index (χ0n) is 10.8. The Balaban J connectivity index is 1.82. The Morgan fingerprint density at radius 2 is 2.18 bits per heavy atom. The average molecular weight is 254 g/mol. The van der Waals surface area contributed by atoms with Crippen molar-refractivity contribution in [2.24, 2.45) is 7.05 Å². The van der Waals surface area contributed by atoms with E-state index >= 15 is 0 Å². The summed E-state index contributed by atoms with van der Waals surface area (Å²) in [6, 6.07) is 0. The van der Waals surface area contributed by atoms with E-state index in [1.54, 1.807) is 6.33 Å². The zero-order chi connectivity index (χ0) is 12.1. The minimum atomic E-state index is 0.455. The van der Waals surface area contributed by atoms with E-state index in [0.29, 0.717) is 4.75 Å². The molecule has 0 radical (unpaired) electrons. The van der Waals surface area contributed by atoms with E-state index in [9.17, 15) is 0 Å². The highest BCUT2D eigenvalue weighted by molar-refractivity contribution is 8.00. The lowest BCUT2D eigenvalue weighted by Gasteiger charge is -2.36. The van der Waals surface area contributed by atoms with Crippen molar-refractivity contribution in [3.63, 3.8) is 0 Å². The van der Waals surface area contributed by atoms with Crippen LogP contribution in [-0.4, -0.2) is 32.3 Å². The summed E-state index contributed by atoms with van der Waals surface area (Å²) >= 11 is 2.03. The van der Waals surface area contributed by atoms with Gasteiger partial charge in [-0.15, -0.1) is 10.2 Å². The van der Waals surface area contributed by atoms with Crippen molar-refractivity contribution >= 4 is 11.8 Å². The maximum atomic E-state index is 4.09. The molecular weight excluding hydrogens is 232 g/mol. The molecule has 1 aliphatic carbocycles. The smallest absolute Gasteiger partial charge is 0.146 e. The first-order valence-electron chi connectivity index (χ1n) is 6.34. The number of hydrogen-bond donors (Lipinski definition) is 1. The predicted octanol–water partition coefficient (Wildman–Crippen LogP) is 1.97. The molecule has 96 valence electrons. The quantitative estimate of drug-likeness (QED) is 0.872. The second-order valence-corrected chi connectivity index (χ2v) is 6.18. The molecule has 0 aliphatic heterocycles. The second-order valence-electron chi connectivity index (χ2n) is 4.91. The summed E-state index contributed by atoms with van der Waals surface area (Å²) < 4.78 is 2.43. The third-order valence-corrected chi connectivity index (χ3v) is 5.15. The lowest BCUT2D eigenvalue weighted by Crippen LogP contribution is -2.39. The molecule has 2 rings (SSSR count). The Hall–Kier alpha value is -0.550. The summed E-state index contributed by atoms with van der Waals surface area (Å²) in [7, 11) is 1.99. The molecule has 1 aromatic rings. The Bertz CT molecular complexity index is 344. The van der Waals surface area contributed by atoms with Gasteiger partial charge in [-0.3, -0.25) is 0 Å². The van der Waals surface area contributed by atoms with E-state index in [1.807, 2.05) is 23.4 Å². The first-order valence-corrected chi connectivity index (χ1v) is 7.57. The van der Waals surface area contributed by atoms with Crippen LogP contribution in [0, 0.1) is 0 Å². The number of rotatable bonds is 5. The van der Waals surface area contributed by atoms with Gasteiger partial charge in [-0.1, -0.05) is 19.3 Å². The summed E-state index contributed by atoms with van der Waals surface area (Å²) in [5, 5.41) is 11.5. The van der Waals surface area contributed by atoms with Gasteiger partial charge in [0.05, 0.1) is 6.54 Å². The lowest BCUT2D eigenvalue weighted by molar-refractivity contribution is 0.377. The zero-order valence-corrected chi connectivity index (χ0v) is 11.6. The minimum Gasteiger partial charge on any atom is -0.320 e. The molecule has 0 unspecified atom stereocenters. The molecule has 4 nitrogen and oxygen atoms in total. The van der Waals surface area contributed by atoms with Crippen LogP contribution in [0.2, 0.25) is 0 Å². The molecular formula is C12H22N4S. The summed E-state index contributed by atoms with van der Waals surface area (Å²) in [4.78, 5) is 0. The van der Waals surface area contributed by atoms with E-state index in [0.717, 1.165) is 18.9 Å². The van der Waals surface area contributed by atoms with E-state index in [1.165, 1.54) is 32.1 Å². The van der Waals surface area contributed by atoms with Gasteiger partial charge < -0.3 is 9.88 Å². The summed E-state index contributed by atoms with van der Waals surface area (Å²) in [6.45, 7) is 1.90. The van der Waals surface area contributed by atoms with Crippen molar-refractivity contribution in [3.8, 4) is 0 Å². The highest BCUT2D eigenvalue weighted by atomic mass is 32.2. The topological polar surface area (TPSA) is 42.7 Å². The first-order chi connectivity index (χ1) is 8.26. The maximum Gasteiger partial charge on any atom is 0.146 e. The second kappa shape index (κ2) is 5.87. The third kappa shape index (κ3) is 3.22. The van der Waals surface area contributed by atoms with Gasteiger partial charge in [0.1, 0.15) is 12.2 Å². The van der Waals surface area contributed by atoms with Crippen molar-refractivity contribution in [3.05, 3.63) is 12.2 Å². The summed E-state index contributed by atoms with van der Waals surface area (Å²) in [5.41, 5.74) is 0. The standard InChI is InChI=1S/C12H22N4S/c1-16-10-14-15-11(16)8-13-9-12(17-2)6-4-3-5-7-12/h10,13H,3-9H2,1-2H3. The van der Waals surface area contributed by atoms with Gasteiger partial charge in [0.15, 0.2) is 0 Å². The van der Waals surface area contributed by atoms with Gasteiger partial charge in [0, 0.05) is 18.3 Å². The van der Waals surface area contributed by atoms with Gasteiger partial charge in [-0.2, -0.15) is 11.8 Å². The predicted molar refractivity (Wildman–Crippen MR) is 72.0 cm³/mol. The summed E-state index contributed by atoms with van der Waals surface area (Å²) in [6.07, 6.45) is 10.9. The Morgan fingerprint density at radius 1 is 1.41 bits per heavy atom. The van der Waals surface area contributed by atoms with E-state index in [4.69, 9.17) is 0 Å². The SMILES string of the molecule is CSC1(CNCc2nncn2C)CCCCC1. The molecule has 1 heterocycles. The fourth-order valence-electron chi connectivity index (χ4n) is 2.52. The van der Waals surface area contributed by atoms with Crippen LogP contribution in [0.3, 0.4) is 0 Å². The van der Waals surface area contributed by atoms with E-state index in [2.05, 4.69) is 21.8 Å². The van der Waals surface area contributed by atoms with Gasteiger partial charge >= 0.3 is 0 Å². The highest BCUT2D eigenvalue weighted by Gasteiger charge is 2.30. The van der Waals surface area contributed by atoms with Crippen molar-refractivity contribution in [1.29, 1.82) is 0 Å². The fourth-order valence-corrected chi connectivity index (χ4v) is 3.46. The molecule has 1 fully saturated rings. The monoisotopic (exact) mass is 254 g/mol. The molecule has 5 heteroatoms. The van der Waals surface area contributed by atoms with E-state index < -0.39 is 0 Å². The Labute approximate surface area is 108 Å². The number of hydrogen-bond acceptors (Lipinski definition) is 4. The van der Waals surface area contributed by atoms with Crippen LogP contribution in [0.1, 0.15) is 37.9 Å². The van der Waals surface area contributed by atoms with Crippen LogP contribution < -0.4 is 5.32 Å². The molecule has 0 bridgehead atoms. The van der Waals surface area contributed by atoms with Crippen molar-refractivity contribution < 1.29 is 0 Å². The number of nitrogens with zero attached hydrogens (tertiary/aromatic N) is 3. The fraction of sp³-hybridized carbons (Fsp3) is 0.833. The van der Waals surface area contributed by atoms with Crippen LogP contribution in [0.15, 0.2) is 6.33 Å². The van der Waals surface area contributed by atoms with Gasteiger partial charge in [0.25, 0.3) is 0 Å². The van der Waals surface area contributed by atoms with Crippen LogP contribution >= 0.6 is 11.8 Å². The van der Waals surface area contributed by atoms with E-state index in [-0.39, 0.29) is 0 Å². The van der Waals surface area contributed by atoms with Crippen LogP contribution in [0.4, 0.5) is 0 Å². The van der Waals surface area contributed by atoms with Crippen LogP contribution in [0.5, 0.6) is 0 Å². The Morgan fingerprint density at radius 3 is 2.76 bits per heavy atom. The molecule has 17 heavy (non-hydrogen) atoms. The average Bonchev–Trinajstić information content (AvgIpc) is 2.76. The molecule has 1 aliphatic rings. The van der Waals surface area contributed by atoms with Gasteiger partial charge in [-0.05, 0) is 19.1 Å². The minimum absolute atomic E-state index is 0.455. The largest absolute Gasteiger partial charge is 0.320 e. The summed E-state index contributed by atoms with van der Waals surface area (Å²) in [5.74, 6) is 1.01. The molecule has 0 spiro atoms. The van der Waals surface area contributed by atoms with Crippen molar-refractivity contribution in [1.82, 2.24) is 20.1 Å². The molecule has 0 atom stereocenters. The lowest BCUT2D eigenvalue weighted by atomic mass is 9.88. The van der Waals surface area contributed by atoms with Crippen LogP contribution in [0.25, 0.3) is 0 Å². The number of thioether (sulfide) groups is 1. The van der Waals surface area contributed by atoms with Crippen LogP contribution in [-0.2, 0) is 13.6 Å². The number of aryl methyl sites for hydroxylation is 1. The number of nitrogens with one attached hydrogen (secondary N) is 1. The number of aromatic nitrogens is 3. The highest BCUT2D eigenvalue weighted by Crippen LogP contribution is 2.37. The molecule has 1 N–H and O–H groups in total. The van der Waals surface area contributed by atoms with Gasteiger partial charge in [0.2, 0.25) is 0 Å². The van der Waals surface area contributed by atoms with Gasteiger partial charge in [-0.25, -0.2) is 0 Å². The molecule has 0 aromatic carbocycles. The first kappa shape index (κ1) is 12.9. The molecule has 0 saturated heterocycles. The van der Waals surface area contributed by atoms with Crippen molar-refractivity contribution in [2.45, 2.75) is 43.4 Å². The normalized spacial score (nSPS) is 19.4. The molecule has 1 saturated carbocycles. The Kier molecular flexibility index (Phi) is 4.45. The molecule has 0 amide bonds. The molecule has 1 aromatic heterocycles. The third-order valence-electron chi connectivity index (χ3n) is 3.73. The maximum absolute atomic E-state index is 4.09.